The first-order valence-corrected chi connectivity index (χ1v) is 17.2. The first-order valence-electron chi connectivity index (χ1n) is 14.5. The van der Waals surface area contributed by atoms with Gasteiger partial charge in [-0.3, -0.25) is 42.6 Å². The minimum atomic E-state index is -1.40. The van der Waals surface area contributed by atoms with Crippen molar-refractivity contribution in [3.8, 4) is 0 Å². The Morgan fingerprint density at radius 1 is 0.490 bits per heavy atom. The van der Waals surface area contributed by atoms with E-state index in [9.17, 15) is 47.4 Å². The van der Waals surface area contributed by atoms with Crippen LogP contribution in [0.1, 0.15) is 32.6 Å². The molecule has 0 saturated carbocycles. The summed E-state index contributed by atoms with van der Waals surface area (Å²) in [5.74, 6) is -0.867. The van der Waals surface area contributed by atoms with Gasteiger partial charge in [0.15, 0.2) is 0 Å². The highest BCUT2D eigenvalue weighted by atomic mass is 32.2. The number of methoxy groups -OCH3 is 1. The average Bonchev–Trinajstić information content (AvgIpc) is 3.09. The zero-order valence-corrected chi connectivity index (χ0v) is 31.8. The van der Waals surface area contributed by atoms with Crippen molar-refractivity contribution in [3.05, 3.63) is 0 Å². The van der Waals surface area contributed by atoms with Gasteiger partial charge >= 0.3 is 0 Å². The molecule has 0 aromatic carbocycles. The molecular weight excluding hydrogens is 688 g/mol. The van der Waals surface area contributed by atoms with Gasteiger partial charge in [0.05, 0.1) is 18.1 Å². The summed E-state index contributed by atoms with van der Waals surface area (Å²) < 4.78 is 15.6. The summed E-state index contributed by atoms with van der Waals surface area (Å²) in [7, 11) is 12.4. The van der Waals surface area contributed by atoms with Crippen molar-refractivity contribution in [1.29, 1.82) is 0 Å². The first-order chi connectivity index (χ1) is 23.0. The molecule has 0 aliphatic heterocycles. The molecule has 0 aliphatic carbocycles. The Morgan fingerprint density at radius 2 is 0.816 bits per heavy atom. The van der Waals surface area contributed by atoms with Crippen molar-refractivity contribution in [1.82, 2.24) is 42.5 Å². The van der Waals surface area contributed by atoms with Crippen molar-refractivity contribution >= 4 is 75.6 Å². The van der Waals surface area contributed by atoms with Crippen LogP contribution in [-0.2, 0) is 58.7 Å². The molecule has 286 valence electrons. The van der Waals surface area contributed by atoms with Crippen molar-refractivity contribution in [2.45, 2.75) is 32.6 Å². The highest BCUT2D eigenvalue weighted by Gasteiger charge is 2.09. The van der Waals surface area contributed by atoms with Crippen LogP contribution in [0.4, 0.5) is 0 Å². The van der Waals surface area contributed by atoms with E-state index in [0.29, 0.717) is 37.4 Å². The number of amides is 8. The van der Waals surface area contributed by atoms with E-state index in [1.807, 2.05) is 0 Å². The molecule has 0 fully saturated rings. The fraction of sp³-hybridized carbons (Fsp3) is 0.679. The Bertz CT molecular complexity index is 982. The summed E-state index contributed by atoms with van der Waals surface area (Å²) >= 11 is 1.29. The standard InChI is InChI=1S/C6H12N2O3S.C6H12N2O2S.C6H11NO2.C5H10N2O2.C5H11NO2/c1-7-5(9)3-12(11)4-6(10)8-2;1-7-5(9)3-11-4-6(10)8-2;1-5(8)3-4-6(9)7-2;1-6-4(8)3-5(9)7-2;1-6-5(7)3-4-8-2/h3-4H2,1-2H3,(H,7,9)(H,8,10);3-4H2,1-2H3,(H,7,9)(H,8,10);3-4H2,1-2H3,(H,7,9);3H2,1-2H3,(H,6,8)(H,7,9);3-4H2,1-2H3,(H,6,7). The van der Waals surface area contributed by atoms with Crippen LogP contribution in [0.25, 0.3) is 0 Å². The third-order valence-corrected chi connectivity index (χ3v) is 6.94. The molecule has 0 rings (SSSR count). The molecule has 0 atom stereocenters. The number of ether oxygens (including phenoxy) is 1. The van der Waals surface area contributed by atoms with E-state index in [-0.39, 0.29) is 71.0 Å². The third-order valence-electron chi connectivity index (χ3n) is 4.84. The van der Waals surface area contributed by atoms with E-state index in [2.05, 4.69) is 47.3 Å². The van der Waals surface area contributed by atoms with Crippen molar-refractivity contribution < 1.29 is 52.1 Å². The maximum absolute atomic E-state index is 11.0. The number of carbonyl (C=O) groups is 9. The molecule has 0 aliphatic rings. The molecular formula is C28H56N8O11S2. The van der Waals surface area contributed by atoms with Gasteiger partial charge in [0.2, 0.25) is 47.3 Å². The van der Waals surface area contributed by atoms with Crippen LogP contribution in [0, 0.1) is 0 Å². The number of hydrogen-bond acceptors (Lipinski definition) is 12. The van der Waals surface area contributed by atoms with Crippen LogP contribution in [-0.4, -0.2) is 150 Å². The Kier molecular flexibility index (Phi) is 44.4. The maximum Gasteiger partial charge on any atom is 0.232 e. The van der Waals surface area contributed by atoms with E-state index >= 15 is 0 Å². The molecule has 0 bridgehead atoms. The monoisotopic (exact) mass is 744 g/mol. The van der Waals surface area contributed by atoms with Gasteiger partial charge in [0.1, 0.15) is 23.7 Å². The van der Waals surface area contributed by atoms with Gasteiger partial charge in [0, 0.05) is 93.6 Å². The summed E-state index contributed by atoms with van der Waals surface area (Å²) in [6, 6.07) is 0. The van der Waals surface area contributed by atoms with Crippen molar-refractivity contribution in [3.63, 3.8) is 0 Å². The lowest BCUT2D eigenvalue weighted by molar-refractivity contribution is -0.129. The topological polar surface area (TPSA) is 276 Å². The van der Waals surface area contributed by atoms with E-state index in [1.165, 1.54) is 46.9 Å². The van der Waals surface area contributed by atoms with E-state index in [4.69, 9.17) is 0 Å². The third kappa shape index (κ3) is 50.9. The van der Waals surface area contributed by atoms with E-state index < -0.39 is 10.8 Å². The largest absolute Gasteiger partial charge is 0.384 e. The van der Waals surface area contributed by atoms with Gasteiger partial charge < -0.3 is 52.1 Å². The second kappa shape index (κ2) is 40.1. The van der Waals surface area contributed by atoms with Crippen LogP contribution in [0.5, 0.6) is 0 Å². The van der Waals surface area contributed by atoms with E-state index in [0.717, 1.165) is 0 Å². The highest BCUT2D eigenvalue weighted by Crippen LogP contribution is 1.97. The Hall–Kier alpha value is -4.11. The quantitative estimate of drug-likeness (QED) is 0.0707. The molecule has 0 aromatic heterocycles. The molecule has 0 radical (unpaired) electrons. The Morgan fingerprint density at radius 3 is 1.10 bits per heavy atom. The summed E-state index contributed by atoms with van der Waals surface area (Å²) in [6.07, 6.45) is 1.02. The van der Waals surface area contributed by atoms with Crippen molar-refractivity contribution in [2.24, 2.45) is 0 Å². The van der Waals surface area contributed by atoms with Crippen LogP contribution in [0.3, 0.4) is 0 Å². The number of hydrogen-bond donors (Lipinski definition) is 8. The molecule has 0 saturated heterocycles. The molecule has 0 aromatic rings. The number of Topliss-reactive ketones (excluding diaryl/α,β-unsaturated/α-hetero) is 1. The van der Waals surface area contributed by atoms with Gasteiger partial charge in [-0.15, -0.1) is 11.8 Å². The van der Waals surface area contributed by atoms with Gasteiger partial charge in [-0.25, -0.2) is 0 Å². The van der Waals surface area contributed by atoms with Crippen LogP contribution >= 0.6 is 11.8 Å². The minimum Gasteiger partial charge on any atom is -0.384 e. The van der Waals surface area contributed by atoms with Crippen molar-refractivity contribution in [2.75, 3.05) is 93.1 Å². The Balaban J connectivity index is -0.000000166. The molecule has 19 nitrogen and oxygen atoms in total. The van der Waals surface area contributed by atoms with E-state index in [1.54, 1.807) is 35.3 Å². The van der Waals surface area contributed by atoms with Gasteiger partial charge in [0.25, 0.3) is 0 Å². The number of rotatable bonds is 16. The summed E-state index contributed by atoms with van der Waals surface area (Å²) in [5, 5.41) is 19.1. The zero-order valence-electron chi connectivity index (χ0n) is 30.2. The molecule has 8 N–H and O–H groups in total. The summed E-state index contributed by atoms with van der Waals surface area (Å²) in [4.78, 5) is 94.5. The van der Waals surface area contributed by atoms with Gasteiger partial charge in [-0.2, -0.15) is 0 Å². The molecule has 0 unspecified atom stereocenters. The average molecular weight is 745 g/mol. The van der Waals surface area contributed by atoms with Crippen LogP contribution < -0.4 is 42.5 Å². The minimum absolute atomic E-state index is 0.0202. The normalized spacial score (nSPS) is 8.88. The summed E-state index contributed by atoms with van der Waals surface area (Å²) in [5.41, 5.74) is 0. The molecule has 0 heterocycles. The second-order valence-electron chi connectivity index (χ2n) is 8.73. The maximum atomic E-state index is 11.0. The SMILES string of the molecule is CNC(=O)CC(=O)NC.CNC(=O)CCC(C)=O.CNC(=O)CCOC.CNC(=O)CS(=O)CC(=O)NC.CNC(=O)CSCC(=O)NC. The summed E-state index contributed by atoms with van der Waals surface area (Å²) in [6.45, 7) is 1.97. The number of nitrogens with one attached hydrogen (secondary N) is 8. The molecule has 49 heavy (non-hydrogen) atoms. The first kappa shape index (κ1) is 54.3. The smallest absolute Gasteiger partial charge is 0.232 e. The van der Waals surface area contributed by atoms with Gasteiger partial charge in [-0.1, -0.05) is 0 Å². The number of carbonyl (C=O) groups excluding carboxylic acids is 9. The fourth-order valence-electron chi connectivity index (χ4n) is 1.93. The predicted octanol–water partition coefficient (Wildman–Crippen LogP) is -3.82. The number of ketones is 1. The highest BCUT2D eigenvalue weighted by molar-refractivity contribution is 8.00. The fourth-order valence-corrected chi connectivity index (χ4v) is 3.66. The lowest BCUT2D eigenvalue weighted by atomic mass is 10.2. The Labute approximate surface area is 295 Å². The molecule has 0 spiro atoms. The second-order valence-corrected chi connectivity index (χ2v) is 11.2. The predicted molar refractivity (Wildman–Crippen MR) is 189 cm³/mol. The molecule has 8 amide bonds. The lowest BCUT2D eigenvalue weighted by Gasteiger charge is -1.99. The van der Waals surface area contributed by atoms with Crippen LogP contribution in [0.15, 0.2) is 0 Å². The zero-order chi connectivity index (χ0) is 39.2. The van der Waals surface area contributed by atoms with Gasteiger partial charge in [-0.05, 0) is 6.92 Å². The molecule has 21 heteroatoms. The lowest BCUT2D eigenvalue weighted by Crippen LogP contribution is -2.30. The number of thioether (sulfide) groups is 1. The van der Waals surface area contributed by atoms with Crippen LogP contribution in [0.2, 0.25) is 0 Å².